The van der Waals surface area contributed by atoms with Crippen molar-refractivity contribution in [2.24, 2.45) is 0 Å². The van der Waals surface area contributed by atoms with Crippen LogP contribution in [0.2, 0.25) is 0 Å². The molecule has 0 radical (unpaired) electrons. The van der Waals surface area contributed by atoms with Crippen LogP contribution in [0.25, 0.3) is 5.69 Å². The summed E-state index contributed by atoms with van der Waals surface area (Å²) < 4.78 is 1.91. The first kappa shape index (κ1) is 14.3. The molecular weight excluding hydrogens is 254 g/mol. The number of nitrogens with one attached hydrogen (secondary N) is 1. The van der Waals surface area contributed by atoms with Crippen LogP contribution >= 0.6 is 0 Å². The highest BCUT2D eigenvalue weighted by atomic mass is 16.6. The van der Waals surface area contributed by atoms with Gasteiger partial charge in [-0.1, -0.05) is 12.1 Å². The number of aromatic nitrogens is 2. The Hall–Kier alpha value is -2.14. The third kappa shape index (κ3) is 3.45. The predicted molar refractivity (Wildman–Crippen MR) is 76.5 cm³/mol. The minimum atomic E-state index is -0.116. The van der Waals surface area contributed by atoms with Crippen molar-refractivity contribution in [2.75, 3.05) is 7.11 Å². The lowest BCUT2D eigenvalue weighted by Gasteiger charge is -2.06. The van der Waals surface area contributed by atoms with Gasteiger partial charge in [0.1, 0.15) is 0 Å². The van der Waals surface area contributed by atoms with Crippen LogP contribution in [0.1, 0.15) is 23.4 Å². The van der Waals surface area contributed by atoms with E-state index in [2.05, 4.69) is 15.4 Å². The Bertz CT molecular complexity index is 588. The van der Waals surface area contributed by atoms with Crippen molar-refractivity contribution < 1.29 is 9.63 Å². The van der Waals surface area contributed by atoms with Crippen molar-refractivity contribution in [1.82, 2.24) is 15.3 Å². The summed E-state index contributed by atoms with van der Waals surface area (Å²) in [5, 5.41) is 4.44. The lowest BCUT2D eigenvalue weighted by Crippen LogP contribution is -2.21. The fraction of sp³-hybridized carbons (Fsp3) is 0.333. The Kier molecular flexibility index (Phi) is 4.53. The van der Waals surface area contributed by atoms with E-state index in [-0.39, 0.29) is 5.91 Å². The molecule has 0 aliphatic heterocycles. The van der Waals surface area contributed by atoms with E-state index in [0.717, 1.165) is 22.6 Å². The van der Waals surface area contributed by atoms with Gasteiger partial charge in [-0.3, -0.25) is 9.63 Å². The molecule has 0 aliphatic rings. The smallest absolute Gasteiger partial charge is 0.243 e. The van der Waals surface area contributed by atoms with Gasteiger partial charge in [0, 0.05) is 12.1 Å². The van der Waals surface area contributed by atoms with Crippen molar-refractivity contribution in [2.45, 2.75) is 26.7 Å². The van der Waals surface area contributed by atoms with Crippen LogP contribution in [0.4, 0.5) is 0 Å². The molecule has 20 heavy (non-hydrogen) atoms. The Morgan fingerprint density at radius 2 is 2.00 bits per heavy atom. The number of benzene rings is 1. The van der Waals surface area contributed by atoms with Crippen molar-refractivity contribution >= 4 is 5.91 Å². The quantitative estimate of drug-likeness (QED) is 0.849. The lowest BCUT2D eigenvalue weighted by atomic mass is 10.1. The molecule has 0 saturated carbocycles. The van der Waals surface area contributed by atoms with Crippen LogP contribution in [0.15, 0.2) is 30.3 Å². The molecule has 0 bridgehead atoms. The summed E-state index contributed by atoms with van der Waals surface area (Å²) in [5.74, 6) is -0.116. The maximum absolute atomic E-state index is 11.3. The van der Waals surface area contributed by atoms with Crippen molar-refractivity contribution in [3.8, 4) is 5.69 Å². The molecule has 0 fully saturated rings. The lowest BCUT2D eigenvalue weighted by molar-refractivity contribution is -0.131. The zero-order valence-corrected chi connectivity index (χ0v) is 12.0. The topological polar surface area (TPSA) is 56.1 Å². The van der Waals surface area contributed by atoms with Gasteiger partial charge in [0.25, 0.3) is 0 Å². The highest BCUT2D eigenvalue weighted by Gasteiger charge is 2.05. The van der Waals surface area contributed by atoms with E-state index in [0.29, 0.717) is 12.8 Å². The first-order valence-electron chi connectivity index (χ1n) is 6.54. The molecule has 0 atom stereocenters. The number of carbonyl (C=O) groups excluding carboxylic acids is 1. The van der Waals surface area contributed by atoms with Crippen LogP contribution in [0.3, 0.4) is 0 Å². The zero-order valence-electron chi connectivity index (χ0n) is 12.0. The highest BCUT2D eigenvalue weighted by Crippen LogP contribution is 2.13. The molecule has 106 valence electrons. The Morgan fingerprint density at radius 3 is 2.55 bits per heavy atom. The first-order chi connectivity index (χ1) is 9.60. The van der Waals surface area contributed by atoms with Crippen LogP contribution in [0, 0.1) is 13.8 Å². The van der Waals surface area contributed by atoms with E-state index < -0.39 is 0 Å². The van der Waals surface area contributed by atoms with Crippen LogP contribution < -0.4 is 5.48 Å². The van der Waals surface area contributed by atoms with Gasteiger partial charge in [0.05, 0.1) is 18.5 Å². The summed E-state index contributed by atoms with van der Waals surface area (Å²) in [4.78, 5) is 15.9. The van der Waals surface area contributed by atoms with Gasteiger partial charge in [-0.2, -0.15) is 5.10 Å². The average Bonchev–Trinajstić information content (AvgIpc) is 2.76. The van der Waals surface area contributed by atoms with Gasteiger partial charge < -0.3 is 0 Å². The van der Waals surface area contributed by atoms with Gasteiger partial charge in [0.2, 0.25) is 5.91 Å². The number of carbonyl (C=O) groups is 1. The molecule has 0 unspecified atom stereocenters. The van der Waals surface area contributed by atoms with Crippen LogP contribution in [-0.4, -0.2) is 22.8 Å². The fourth-order valence-electron chi connectivity index (χ4n) is 2.12. The normalized spacial score (nSPS) is 10.6. The summed E-state index contributed by atoms with van der Waals surface area (Å²) in [5.41, 5.74) is 6.56. The molecule has 5 heteroatoms. The van der Waals surface area contributed by atoms with E-state index >= 15 is 0 Å². The van der Waals surface area contributed by atoms with Gasteiger partial charge in [-0.05, 0) is 44.0 Å². The summed E-state index contributed by atoms with van der Waals surface area (Å²) in [6.45, 7) is 4.01. The Labute approximate surface area is 118 Å². The molecule has 1 aromatic carbocycles. The maximum Gasteiger partial charge on any atom is 0.243 e. The summed E-state index contributed by atoms with van der Waals surface area (Å²) >= 11 is 0. The second-order valence-electron chi connectivity index (χ2n) is 4.73. The number of rotatable bonds is 5. The number of hydrogen-bond donors (Lipinski definition) is 1. The minimum absolute atomic E-state index is 0.116. The SMILES string of the molecule is CONC(=O)CCc1ccc(-n2nc(C)cc2C)cc1. The molecule has 2 rings (SSSR count). The number of nitrogens with zero attached hydrogens (tertiary/aromatic N) is 2. The third-order valence-electron chi connectivity index (χ3n) is 3.05. The van der Waals surface area contributed by atoms with E-state index in [9.17, 15) is 4.79 Å². The molecule has 1 heterocycles. The third-order valence-corrected chi connectivity index (χ3v) is 3.05. The van der Waals surface area contributed by atoms with Crippen molar-refractivity contribution in [3.63, 3.8) is 0 Å². The first-order valence-corrected chi connectivity index (χ1v) is 6.54. The predicted octanol–water partition coefficient (Wildman–Crippen LogP) is 2.10. The standard InChI is InChI=1S/C15H19N3O2/c1-11-10-12(2)18(16-11)14-7-4-13(5-8-14)6-9-15(19)17-20-3/h4-5,7-8,10H,6,9H2,1-3H3,(H,17,19). The molecule has 1 amide bonds. The fourth-order valence-corrected chi connectivity index (χ4v) is 2.12. The Balaban J connectivity index is 2.03. The van der Waals surface area contributed by atoms with Crippen molar-refractivity contribution in [1.29, 1.82) is 0 Å². The summed E-state index contributed by atoms with van der Waals surface area (Å²) in [6.07, 6.45) is 1.10. The molecule has 5 nitrogen and oxygen atoms in total. The molecule has 0 aliphatic carbocycles. The van der Waals surface area contributed by atoms with E-state index in [1.165, 1.54) is 7.11 Å². The summed E-state index contributed by atoms with van der Waals surface area (Å²) in [7, 11) is 1.43. The number of aryl methyl sites for hydroxylation is 3. The van der Waals surface area contributed by atoms with Crippen LogP contribution in [-0.2, 0) is 16.1 Å². The largest absolute Gasteiger partial charge is 0.277 e. The number of hydroxylamine groups is 1. The van der Waals surface area contributed by atoms with E-state index in [1.54, 1.807) is 0 Å². The highest BCUT2D eigenvalue weighted by molar-refractivity contribution is 5.75. The molecule has 0 spiro atoms. The van der Waals surface area contributed by atoms with Crippen LogP contribution in [0.5, 0.6) is 0 Å². The van der Waals surface area contributed by atoms with Gasteiger partial charge in [-0.25, -0.2) is 10.2 Å². The average molecular weight is 273 g/mol. The second kappa shape index (κ2) is 6.34. The molecular formula is C15H19N3O2. The number of hydrogen-bond acceptors (Lipinski definition) is 3. The molecule has 0 saturated heterocycles. The van der Waals surface area contributed by atoms with E-state index in [1.807, 2.05) is 48.9 Å². The maximum atomic E-state index is 11.3. The van der Waals surface area contributed by atoms with E-state index in [4.69, 9.17) is 0 Å². The molecule has 1 N–H and O–H groups in total. The molecule has 2 aromatic rings. The van der Waals surface area contributed by atoms with Gasteiger partial charge >= 0.3 is 0 Å². The Morgan fingerprint density at radius 1 is 1.30 bits per heavy atom. The summed E-state index contributed by atoms with van der Waals surface area (Å²) in [6, 6.07) is 10.1. The monoisotopic (exact) mass is 273 g/mol. The minimum Gasteiger partial charge on any atom is -0.277 e. The zero-order chi connectivity index (χ0) is 14.5. The van der Waals surface area contributed by atoms with Gasteiger partial charge in [-0.15, -0.1) is 0 Å². The van der Waals surface area contributed by atoms with Crippen molar-refractivity contribution in [3.05, 3.63) is 47.3 Å². The van der Waals surface area contributed by atoms with Gasteiger partial charge in [0.15, 0.2) is 0 Å². The second-order valence-corrected chi connectivity index (χ2v) is 4.73. The number of amides is 1. The molecule has 1 aromatic heterocycles.